The van der Waals surface area contributed by atoms with E-state index in [1.54, 1.807) is 6.07 Å². The van der Waals surface area contributed by atoms with Crippen LogP contribution >= 0.6 is 27.3 Å². The summed E-state index contributed by atoms with van der Waals surface area (Å²) in [6, 6.07) is 0.636. The number of thiophene rings is 1. The van der Waals surface area contributed by atoms with Crippen molar-refractivity contribution >= 4 is 43.3 Å². The molecule has 1 saturated heterocycles. The van der Waals surface area contributed by atoms with E-state index in [1.165, 1.54) is 0 Å². The van der Waals surface area contributed by atoms with Gasteiger partial charge in [0.05, 0.1) is 3.79 Å². The van der Waals surface area contributed by atoms with Crippen LogP contribution in [0.4, 0.5) is 0 Å². The monoisotopic (exact) mass is 367 g/mol. The maximum Gasteiger partial charge on any atom is 0.322 e. The highest BCUT2D eigenvalue weighted by atomic mass is 79.9. The first kappa shape index (κ1) is 15.0. The topological polar surface area (TPSA) is 74.7 Å². The second kappa shape index (κ2) is 5.51. The highest BCUT2D eigenvalue weighted by molar-refractivity contribution is 9.11. The average molecular weight is 368 g/mol. The zero-order valence-corrected chi connectivity index (χ0v) is 13.5. The molecule has 8 heteroatoms. The molecule has 19 heavy (non-hydrogen) atoms. The molecule has 0 bridgehead atoms. The zero-order chi connectivity index (χ0) is 14.2. The number of piperidine rings is 1. The number of carboxylic acid groups (broad SMARTS) is 1. The van der Waals surface area contributed by atoms with Gasteiger partial charge in [0.25, 0.3) is 10.0 Å². The fourth-order valence-corrected chi connectivity index (χ4v) is 6.12. The molecule has 1 aromatic rings. The normalized spacial score (nSPS) is 21.5. The van der Waals surface area contributed by atoms with Crippen molar-refractivity contribution in [2.24, 2.45) is 0 Å². The van der Waals surface area contributed by atoms with Crippen molar-refractivity contribution in [2.45, 2.75) is 36.4 Å². The number of hydrogen-bond acceptors (Lipinski definition) is 4. The van der Waals surface area contributed by atoms with E-state index in [2.05, 4.69) is 15.9 Å². The molecule has 0 spiro atoms. The molecule has 1 aliphatic heterocycles. The molecule has 0 radical (unpaired) electrons. The third-order valence-electron chi connectivity index (χ3n) is 3.14. The summed E-state index contributed by atoms with van der Waals surface area (Å²) < 4.78 is 27.1. The molecule has 1 atom stereocenters. The standard InChI is InChI=1S/C11H14BrNO4S2/c1-7-6-9(18-10(7)12)19(16,17)13-5-3-2-4-8(13)11(14)15/h6,8H,2-5H2,1H3,(H,14,15). The number of halogens is 1. The lowest BCUT2D eigenvalue weighted by molar-refractivity contribution is -0.142. The number of sulfonamides is 1. The van der Waals surface area contributed by atoms with E-state index in [4.69, 9.17) is 5.11 Å². The van der Waals surface area contributed by atoms with Crippen molar-refractivity contribution in [2.75, 3.05) is 6.54 Å². The number of aryl methyl sites for hydroxylation is 1. The highest BCUT2D eigenvalue weighted by Crippen LogP contribution is 2.34. The number of rotatable bonds is 3. The summed E-state index contributed by atoms with van der Waals surface area (Å²) in [4.78, 5) is 11.2. The van der Waals surface area contributed by atoms with Crippen molar-refractivity contribution in [3.05, 3.63) is 15.4 Å². The lowest BCUT2D eigenvalue weighted by atomic mass is 10.1. The summed E-state index contributed by atoms with van der Waals surface area (Å²) in [7, 11) is -3.72. The van der Waals surface area contributed by atoms with Gasteiger partial charge in [-0.3, -0.25) is 4.79 Å². The van der Waals surface area contributed by atoms with Gasteiger partial charge in [0.2, 0.25) is 0 Å². The molecule has 1 unspecified atom stereocenters. The van der Waals surface area contributed by atoms with Crippen LogP contribution in [0.3, 0.4) is 0 Å². The SMILES string of the molecule is Cc1cc(S(=O)(=O)N2CCCCC2C(=O)O)sc1Br. The lowest BCUT2D eigenvalue weighted by Gasteiger charge is -2.31. The van der Waals surface area contributed by atoms with E-state index >= 15 is 0 Å². The van der Waals surface area contributed by atoms with Crippen LogP contribution in [0, 0.1) is 6.92 Å². The minimum absolute atomic E-state index is 0.199. The Kier molecular flexibility index (Phi) is 4.34. The van der Waals surface area contributed by atoms with Gasteiger partial charge in [-0.25, -0.2) is 8.42 Å². The van der Waals surface area contributed by atoms with Crippen LogP contribution in [-0.4, -0.2) is 36.4 Å². The Balaban J connectivity index is 2.39. The minimum atomic E-state index is -3.72. The van der Waals surface area contributed by atoms with Crippen LogP contribution in [0.5, 0.6) is 0 Å². The Hall–Kier alpha value is -0.440. The van der Waals surface area contributed by atoms with Gasteiger partial charge in [0.15, 0.2) is 0 Å². The van der Waals surface area contributed by atoms with E-state index in [9.17, 15) is 13.2 Å². The Labute approximate surface area is 124 Å². The summed E-state index contributed by atoms with van der Waals surface area (Å²) in [5, 5.41) is 9.17. The molecule has 5 nitrogen and oxygen atoms in total. The Morgan fingerprint density at radius 1 is 1.53 bits per heavy atom. The quantitative estimate of drug-likeness (QED) is 0.889. The van der Waals surface area contributed by atoms with Gasteiger partial charge in [-0.15, -0.1) is 11.3 Å². The Morgan fingerprint density at radius 2 is 2.21 bits per heavy atom. The molecule has 1 aromatic heterocycles. The zero-order valence-electron chi connectivity index (χ0n) is 10.3. The molecule has 1 fully saturated rings. The number of aliphatic carboxylic acids is 1. The molecule has 2 rings (SSSR count). The predicted octanol–water partition coefficient (Wildman–Crippen LogP) is 2.45. The van der Waals surface area contributed by atoms with Crippen LogP contribution in [-0.2, 0) is 14.8 Å². The molecular weight excluding hydrogens is 354 g/mol. The lowest BCUT2D eigenvalue weighted by Crippen LogP contribution is -2.47. The molecule has 0 saturated carbocycles. The van der Waals surface area contributed by atoms with E-state index in [0.29, 0.717) is 12.8 Å². The van der Waals surface area contributed by atoms with Crippen LogP contribution in [0.15, 0.2) is 14.1 Å². The molecule has 0 aliphatic carbocycles. The maximum absolute atomic E-state index is 12.5. The van der Waals surface area contributed by atoms with Crippen molar-refractivity contribution in [1.29, 1.82) is 0 Å². The van der Waals surface area contributed by atoms with Crippen molar-refractivity contribution in [1.82, 2.24) is 4.31 Å². The van der Waals surface area contributed by atoms with Gasteiger partial charge in [0.1, 0.15) is 10.3 Å². The molecular formula is C11H14BrNO4S2. The number of carbonyl (C=O) groups is 1. The fraction of sp³-hybridized carbons (Fsp3) is 0.545. The first-order valence-corrected chi connectivity index (χ1v) is 8.89. The molecule has 0 amide bonds. The minimum Gasteiger partial charge on any atom is -0.480 e. The maximum atomic E-state index is 12.5. The molecule has 106 valence electrons. The van der Waals surface area contributed by atoms with Gasteiger partial charge >= 0.3 is 5.97 Å². The first-order valence-electron chi connectivity index (χ1n) is 5.84. The summed E-state index contributed by atoms with van der Waals surface area (Å²) in [6.45, 7) is 2.08. The summed E-state index contributed by atoms with van der Waals surface area (Å²) in [5.74, 6) is -1.07. The fourth-order valence-electron chi connectivity index (χ4n) is 2.11. The van der Waals surface area contributed by atoms with Crippen LogP contribution in [0.25, 0.3) is 0 Å². The summed E-state index contributed by atoms with van der Waals surface area (Å²) in [6.07, 6.45) is 1.82. The Morgan fingerprint density at radius 3 is 2.74 bits per heavy atom. The van der Waals surface area contributed by atoms with Crippen LogP contribution < -0.4 is 0 Å². The molecule has 2 heterocycles. The van der Waals surface area contributed by atoms with Crippen molar-refractivity contribution in [3.63, 3.8) is 0 Å². The van der Waals surface area contributed by atoms with Crippen molar-refractivity contribution in [3.8, 4) is 0 Å². The number of hydrogen-bond donors (Lipinski definition) is 1. The number of carboxylic acids is 1. The van der Waals surface area contributed by atoms with E-state index in [-0.39, 0.29) is 10.8 Å². The third kappa shape index (κ3) is 2.86. The second-order valence-electron chi connectivity index (χ2n) is 4.49. The largest absolute Gasteiger partial charge is 0.480 e. The van der Waals surface area contributed by atoms with Gasteiger partial charge in [-0.05, 0) is 53.7 Å². The Bertz CT molecular complexity index is 576. The smallest absolute Gasteiger partial charge is 0.322 e. The van der Waals surface area contributed by atoms with Gasteiger partial charge in [0, 0.05) is 6.54 Å². The molecule has 0 aromatic carbocycles. The first-order chi connectivity index (χ1) is 8.84. The van der Waals surface area contributed by atoms with Crippen molar-refractivity contribution < 1.29 is 18.3 Å². The van der Waals surface area contributed by atoms with E-state index in [0.717, 1.165) is 31.4 Å². The number of nitrogens with zero attached hydrogens (tertiary/aromatic N) is 1. The van der Waals surface area contributed by atoms with Gasteiger partial charge < -0.3 is 5.11 Å². The average Bonchev–Trinajstić information content (AvgIpc) is 2.70. The summed E-state index contributed by atoms with van der Waals surface area (Å²) in [5.41, 5.74) is 0.840. The predicted molar refractivity (Wildman–Crippen MR) is 75.9 cm³/mol. The van der Waals surface area contributed by atoms with Gasteiger partial charge in [-0.2, -0.15) is 4.31 Å². The second-order valence-corrected chi connectivity index (χ2v) is 8.98. The van der Waals surface area contributed by atoms with E-state index in [1.807, 2.05) is 6.92 Å². The molecule has 1 aliphatic rings. The highest BCUT2D eigenvalue weighted by Gasteiger charge is 2.38. The summed E-state index contributed by atoms with van der Waals surface area (Å²) >= 11 is 4.42. The van der Waals surface area contributed by atoms with Crippen LogP contribution in [0.2, 0.25) is 0 Å². The van der Waals surface area contributed by atoms with Crippen LogP contribution in [0.1, 0.15) is 24.8 Å². The van der Waals surface area contributed by atoms with Gasteiger partial charge in [-0.1, -0.05) is 0 Å². The van der Waals surface area contributed by atoms with E-state index < -0.39 is 22.0 Å². The third-order valence-corrected chi connectivity index (χ3v) is 7.63. The molecule has 1 N–H and O–H groups in total.